The van der Waals surface area contributed by atoms with E-state index in [0.29, 0.717) is 5.75 Å². The zero-order valence-corrected chi connectivity index (χ0v) is 10.9. The van der Waals surface area contributed by atoms with Gasteiger partial charge >= 0.3 is 0 Å². The third kappa shape index (κ3) is 3.75. The van der Waals surface area contributed by atoms with Gasteiger partial charge in [-0.1, -0.05) is 17.7 Å². The Bertz CT molecular complexity index is 400. The van der Waals surface area contributed by atoms with Gasteiger partial charge in [-0.3, -0.25) is 4.79 Å². The topological polar surface area (TPSA) is 55.6 Å². The number of likely N-dealkylation sites (N-methyl/N-ethyl adjacent to an activating group) is 1. The SMILES string of the molecule is Cc1ccc(OCC(=O)N(C)C)c([C@H](C)N)c1. The van der Waals surface area contributed by atoms with Gasteiger partial charge in [-0.25, -0.2) is 0 Å². The quantitative estimate of drug-likeness (QED) is 0.861. The fourth-order valence-electron chi connectivity index (χ4n) is 1.42. The number of aryl methyl sites for hydroxylation is 1. The molecule has 0 spiro atoms. The molecule has 2 N–H and O–H groups in total. The largest absolute Gasteiger partial charge is 0.483 e. The molecular weight excluding hydrogens is 216 g/mol. The van der Waals surface area contributed by atoms with Crippen LogP contribution in [0.4, 0.5) is 0 Å². The lowest BCUT2D eigenvalue weighted by Gasteiger charge is -2.16. The molecule has 0 aliphatic rings. The Hall–Kier alpha value is -1.55. The standard InChI is InChI=1S/C13H20N2O2/c1-9-5-6-12(11(7-9)10(2)14)17-8-13(16)15(3)4/h5-7,10H,8,14H2,1-4H3/t10-/m0/s1. The summed E-state index contributed by atoms with van der Waals surface area (Å²) in [7, 11) is 3.40. The molecular formula is C13H20N2O2. The molecule has 0 aliphatic heterocycles. The van der Waals surface area contributed by atoms with Crippen molar-refractivity contribution < 1.29 is 9.53 Å². The fourth-order valence-corrected chi connectivity index (χ4v) is 1.42. The van der Waals surface area contributed by atoms with Gasteiger partial charge in [0.2, 0.25) is 0 Å². The number of amides is 1. The normalized spacial score (nSPS) is 12.1. The van der Waals surface area contributed by atoms with Crippen molar-refractivity contribution in [3.63, 3.8) is 0 Å². The summed E-state index contributed by atoms with van der Waals surface area (Å²) in [5.41, 5.74) is 7.93. The van der Waals surface area contributed by atoms with Crippen molar-refractivity contribution in [3.05, 3.63) is 29.3 Å². The third-order valence-electron chi connectivity index (χ3n) is 2.51. The fraction of sp³-hybridized carbons (Fsp3) is 0.462. The summed E-state index contributed by atoms with van der Waals surface area (Å²) in [4.78, 5) is 12.9. The number of rotatable bonds is 4. The zero-order chi connectivity index (χ0) is 13.0. The van der Waals surface area contributed by atoms with Crippen molar-refractivity contribution in [1.82, 2.24) is 4.90 Å². The van der Waals surface area contributed by atoms with E-state index in [1.54, 1.807) is 14.1 Å². The monoisotopic (exact) mass is 236 g/mol. The van der Waals surface area contributed by atoms with E-state index < -0.39 is 0 Å². The van der Waals surface area contributed by atoms with E-state index >= 15 is 0 Å². The van der Waals surface area contributed by atoms with E-state index in [1.807, 2.05) is 32.0 Å². The van der Waals surface area contributed by atoms with Gasteiger partial charge in [0.25, 0.3) is 5.91 Å². The molecule has 0 heterocycles. The number of hydrogen-bond donors (Lipinski definition) is 1. The van der Waals surface area contributed by atoms with Crippen LogP contribution in [-0.4, -0.2) is 31.5 Å². The molecule has 0 aliphatic carbocycles. The van der Waals surface area contributed by atoms with Crippen LogP contribution in [0.1, 0.15) is 24.1 Å². The van der Waals surface area contributed by atoms with Gasteiger partial charge in [0.15, 0.2) is 6.61 Å². The van der Waals surface area contributed by atoms with Crippen LogP contribution in [0.2, 0.25) is 0 Å². The first kappa shape index (κ1) is 13.5. The molecule has 0 radical (unpaired) electrons. The molecule has 4 nitrogen and oxygen atoms in total. The molecule has 0 fully saturated rings. The van der Waals surface area contributed by atoms with Gasteiger partial charge in [-0.15, -0.1) is 0 Å². The second-order valence-corrected chi connectivity index (χ2v) is 4.41. The third-order valence-corrected chi connectivity index (χ3v) is 2.51. The predicted molar refractivity (Wildman–Crippen MR) is 68.0 cm³/mol. The summed E-state index contributed by atoms with van der Waals surface area (Å²) >= 11 is 0. The molecule has 0 unspecified atom stereocenters. The number of carbonyl (C=O) groups is 1. The van der Waals surface area contributed by atoms with Crippen LogP contribution in [0.5, 0.6) is 5.75 Å². The van der Waals surface area contributed by atoms with Crippen molar-refractivity contribution in [1.29, 1.82) is 0 Å². The molecule has 94 valence electrons. The molecule has 1 amide bonds. The maximum Gasteiger partial charge on any atom is 0.259 e. The highest BCUT2D eigenvalue weighted by Gasteiger charge is 2.11. The lowest BCUT2D eigenvalue weighted by molar-refractivity contribution is -0.130. The van der Waals surface area contributed by atoms with Gasteiger partial charge in [0, 0.05) is 25.7 Å². The van der Waals surface area contributed by atoms with E-state index in [1.165, 1.54) is 4.90 Å². The minimum Gasteiger partial charge on any atom is -0.483 e. The van der Waals surface area contributed by atoms with Crippen molar-refractivity contribution in [3.8, 4) is 5.75 Å². The number of hydrogen-bond acceptors (Lipinski definition) is 3. The average molecular weight is 236 g/mol. The molecule has 0 saturated carbocycles. The molecule has 1 aromatic rings. The number of nitrogens with two attached hydrogens (primary N) is 1. The lowest BCUT2D eigenvalue weighted by atomic mass is 10.1. The summed E-state index contributed by atoms with van der Waals surface area (Å²) in [5.74, 6) is 0.613. The molecule has 0 saturated heterocycles. The number of carbonyl (C=O) groups excluding carboxylic acids is 1. The van der Waals surface area contributed by atoms with E-state index in [4.69, 9.17) is 10.5 Å². The predicted octanol–water partition coefficient (Wildman–Crippen LogP) is 1.48. The summed E-state index contributed by atoms with van der Waals surface area (Å²) in [5, 5.41) is 0. The first-order valence-electron chi connectivity index (χ1n) is 5.61. The van der Waals surface area contributed by atoms with Crippen LogP contribution >= 0.6 is 0 Å². The second-order valence-electron chi connectivity index (χ2n) is 4.41. The number of benzene rings is 1. The highest BCUT2D eigenvalue weighted by Crippen LogP contribution is 2.24. The average Bonchev–Trinajstić information content (AvgIpc) is 2.26. The van der Waals surface area contributed by atoms with Gasteiger partial charge in [-0.05, 0) is 19.9 Å². The Morgan fingerprint density at radius 1 is 1.47 bits per heavy atom. The Labute approximate surface area is 102 Å². The first-order chi connectivity index (χ1) is 7.91. The van der Waals surface area contributed by atoms with E-state index in [2.05, 4.69) is 0 Å². The number of nitrogens with zero attached hydrogens (tertiary/aromatic N) is 1. The highest BCUT2D eigenvalue weighted by atomic mass is 16.5. The van der Waals surface area contributed by atoms with Crippen LogP contribution in [-0.2, 0) is 4.79 Å². The molecule has 0 aromatic heterocycles. The molecule has 1 aromatic carbocycles. The maximum atomic E-state index is 11.4. The smallest absolute Gasteiger partial charge is 0.259 e. The second kappa shape index (κ2) is 5.68. The lowest BCUT2D eigenvalue weighted by Crippen LogP contribution is -2.27. The Balaban J connectivity index is 2.80. The molecule has 1 rings (SSSR count). The summed E-state index contributed by atoms with van der Waals surface area (Å²) in [6, 6.07) is 5.68. The van der Waals surface area contributed by atoms with Crippen LogP contribution in [0.15, 0.2) is 18.2 Å². The van der Waals surface area contributed by atoms with Crippen LogP contribution in [0, 0.1) is 6.92 Å². The van der Waals surface area contributed by atoms with Crippen LogP contribution in [0.3, 0.4) is 0 Å². The Kier molecular flexibility index (Phi) is 4.52. The van der Waals surface area contributed by atoms with Crippen LogP contribution < -0.4 is 10.5 Å². The highest BCUT2D eigenvalue weighted by molar-refractivity contribution is 5.77. The van der Waals surface area contributed by atoms with Gasteiger partial charge in [0.1, 0.15) is 5.75 Å². The molecule has 17 heavy (non-hydrogen) atoms. The van der Waals surface area contributed by atoms with E-state index in [0.717, 1.165) is 11.1 Å². The van der Waals surface area contributed by atoms with Crippen molar-refractivity contribution in [2.45, 2.75) is 19.9 Å². The minimum atomic E-state index is -0.112. The Morgan fingerprint density at radius 3 is 2.65 bits per heavy atom. The van der Waals surface area contributed by atoms with Gasteiger partial charge in [-0.2, -0.15) is 0 Å². The zero-order valence-electron chi connectivity index (χ0n) is 10.9. The summed E-state index contributed by atoms with van der Waals surface area (Å²) in [6.07, 6.45) is 0. The van der Waals surface area contributed by atoms with E-state index in [9.17, 15) is 4.79 Å². The van der Waals surface area contributed by atoms with Crippen LogP contribution in [0.25, 0.3) is 0 Å². The molecule has 1 atom stereocenters. The summed E-state index contributed by atoms with van der Waals surface area (Å²) < 4.78 is 5.51. The first-order valence-corrected chi connectivity index (χ1v) is 5.61. The van der Waals surface area contributed by atoms with Crippen molar-refractivity contribution >= 4 is 5.91 Å². The number of ether oxygens (including phenoxy) is 1. The van der Waals surface area contributed by atoms with Crippen molar-refractivity contribution in [2.24, 2.45) is 5.73 Å². The molecule has 0 bridgehead atoms. The van der Waals surface area contributed by atoms with Gasteiger partial charge < -0.3 is 15.4 Å². The Morgan fingerprint density at radius 2 is 2.12 bits per heavy atom. The summed E-state index contributed by atoms with van der Waals surface area (Å²) in [6.45, 7) is 3.94. The molecule has 4 heteroatoms. The van der Waals surface area contributed by atoms with E-state index in [-0.39, 0.29) is 18.6 Å². The maximum absolute atomic E-state index is 11.4. The minimum absolute atomic E-state index is 0.0375. The van der Waals surface area contributed by atoms with Crippen molar-refractivity contribution in [2.75, 3.05) is 20.7 Å². The van der Waals surface area contributed by atoms with Gasteiger partial charge in [0.05, 0.1) is 0 Å².